The quantitative estimate of drug-likeness (QED) is 0.789. The summed E-state index contributed by atoms with van der Waals surface area (Å²) in [6, 6.07) is 9.70. The molecule has 0 spiro atoms. The smallest absolute Gasteiger partial charge is 0.293 e. The summed E-state index contributed by atoms with van der Waals surface area (Å²) >= 11 is 0. The van der Waals surface area contributed by atoms with E-state index >= 15 is 0 Å². The average Bonchev–Trinajstić information content (AvgIpc) is 3.09. The molecule has 0 saturated heterocycles. The zero-order chi connectivity index (χ0) is 19.4. The molecule has 0 unspecified atom stereocenters. The van der Waals surface area contributed by atoms with E-state index in [9.17, 15) is 10.5 Å². The van der Waals surface area contributed by atoms with Gasteiger partial charge in [0.1, 0.15) is 5.84 Å². The molecular weight excluding hydrogens is 336 g/mol. The van der Waals surface area contributed by atoms with Crippen molar-refractivity contribution < 1.29 is 18.9 Å². The molecule has 1 aromatic rings. The van der Waals surface area contributed by atoms with Crippen LogP contribution in [-0.4, -0.2) is 40.2 Å². The minimum atomic E-state index is -1.68. The summed E-state index contributed by atoms with van der Waals surface area (Å²) in [5.41, 5.74) is 2.96. The second kappa shape index (κ2) is 5.34. The molecule has 2 N–H and O–H groups in total. The summed E-state index contributed by atoms with van der Waals surface area (Å²) in [4.78, 5) is 4.22. The van der Waals surface area contributed by atoms with Crippen LogP contribution >= 0.6 is 0 Å². The van der Waals surface area contributed by atoms with Crippen LogP contribution in [0.1, 0.15) is 12.5 Å². The van der Waals surface area contributed by atoms with E-state index in [4.69, 9.17) is 24.7 Å². The molecule has 1 heterocycles. The van der Waals surface area contributed by atoms with E-state index in [2.05, 4.69) is 17.1 Å². The van der Waals surface area contributed by atoms with E-state index < -0.39 is 22.2 Å². The van der Waals surface area contributed by atoms with Gasteiger partial charge in [-0.2, -0.15) is 10.5 Å². The van der Waals surface area contributed by atoms with Gasteiger partial charge in [0.15, 0.2) is 22.3 Å². The van der Waals surface area contributed by atoms with E-state index in [0.717, 1.165) is 0 Å². The summed E-state index contributed by atoms with van der Waals surface area (Å²) in [5, 5.41) is 20.2. The average molecular weight is 356 g/mol. The molecule has 2 aliphatic rings. The molecule has 0 radical (unpaired) electrons. The lowest BCUT2D eigenvalue weighted by atomic mass is 9.84. The van der Waals surface area contributed by atoms with E-state index in [-0.39, 0.29) is 5.84 Å². The number of amidine groups is 1. The van der Waals surface area contributed by atoms with Crippen molar-refractivity contribution in [3.63, 3.8) is 0 Å². The molecule has 3 atom stereocenters. The molecule has 0 aromatic heterocycles. The molecule has 1 aliphatic heterocycles. The second-order valence-corrected chi connectivity index (χ2v) is 6.41. The number of benzene rings is 1. The lowest BCUT2D eigenvalue weighted by Gasteiger charge is -2.32. The lowest BCUT2D eigenvalue weighted by molar-refractivity contribution is -0.233. The topological polar surface area (TPSA) is 123 Å². The highest BCUT2D eigenvalue weighted by Crippen LogP contribution is 2.85. The number of fused-ring (bicyclic) bond motifs is 1. The fraction of sp³-hybridized carbons (Fsp3) is 0.500. The first-order valence-electron chi connectivity index (χ1n) is 7.87. The van der Waals surface area contributed by atoms with Crippen LogP contribution in [0.25, 0.3) is 0 Å². The maximum atomic E-state index is 10.2. The van der Waals surface area contributed by atoms with Crippen LogP contribution in [0.4, 0.5) is 0 Å². The van der Waals surface area contributed by atoms with Gasteiger partial charge in [0.05, 0.1) is 26.4 Å². The van der Waals surface area contributed by atoms with Gasteiger partial charge in [-0.1, -0.05) is 13.0 Å². The summed E-state index contributed by atoms with van der Waals surface area (Å²) in [6.45, 7) is 1.79. The monoisotopic (exact) mass is 356 g/mol. The molecule has 0 bridgehead atoms. The van der Waals surface area contributed by atoms with Gasteiger partial charge in [-0.15, -0.1) is 0 Å². The molecule has 26 heavy (non-hydrogen) atoms. The number of rotatable bonds is 5. The highest BCUT2D eigenvalue weighted by atomic mass is 16.7. The van der Waals surface area contributed by atoms with Crippen molar-refractivity contribution in [1.29, 1.82) is 10.5 Å². The predicted molar refractivity (Wildman–Crippen MR) is 91.4 cm³/mol. The van der Waals surface area contributed by atoms with Gasteiger partial charge in [0.25, 0.3) is 5.91 Å². The van der Waals surface area contributed by atoms with Gasteiger partial charge in [0.2, 0.25) is 0 Å². The minimum absolute atomic E-state index is 0.0162. The molecular formula is C18H20N4O4. The SMILES string of the molecule is COc1ccc([C@@]2(C)[C@]3(C#N)C(N)=NC(OC)(OC)[C@@]32C#N)cc1OC. The first kappa shape index (κ1) is 18.0. The van der Waals surface area contributed by atoms with Crippen LogP contribution in [-0.2, 0) is 14.9 Å². The number of nitriles is 2. The van der Waals surface area contributed by atoms with Gasteiger partial charge in [-0.25, -0.2) is 4.99 Å². The number of hydrogen-bond donors (Lipinski definition) is 1. The van der Waals surface area contributed by atoms with Crippen LogP contribution in [0.15, 0.2) is 23.2 Å². The molecule has 1 saturated carbocycles. The Morgan fingerprint density at radius 3 is 2.08 bits per heavy atom. The molecule has 1 fully saturated rings. The molecule has 1 aromatic carbocycles. The molecule has 0 amide bonds. The Bertz CT molecular complexity index is 882. The van der Waals surface area contributed by atoms with Crippen LogP contribution in [0.5, 0.6) is 11.5 Å². The fourth-order valence-corrected chi connectivity index (χ4v) is 4.63. The maximum absolute atomic E-state index is 10.2. The van der Waals surface area contributed by atoms with E-state index in [1.54, 1.807) is 25.1 Å². The Hall–Kier alpha value is -2.81. The van der Waals surface area contributed by atoms with Crippen molar-refractivity contribution in [2.45, 2.75) is 18.2 Å². The van der Waals surface area contributed by atoms with Crippen molar-refractivity contribution in [2.24, 2.45) is 21.6 Å². The molecule has 1 aliphatic carbocycles. The van der Waals surface area contributed by atoms with E-state index in [1.807, 2.05) is 0 Å². The van der Waals surface area contributed by atoms with E-state index in [0.29, 0.717) is 17.1 Å². The summed E-state index contributed by atoms with van der Waals surface area (Å²) in [7, 11) is 5.80. The molecule has 3 rings (SSSR count). The summed E-state index contributed by atoms with van der Waals surface area (Å²) < 4.78 is 21.6. The zero-order valence-corrected chi connectivity index (χ0v) is 15.3. The second-order valence-electron chi connectivity index (χ2n) is 6.41. The Morgan fingerprint density at radius 1 is 1.00 bits per heavy atom. The predicted octanol–water partition coefficient (Wildman–Crippen LogP) is 1.31. The third kappa shape index (κ3) is 1.45. The standard InChI is InChI=1S/C18H20N4O4/c1-15(11-6-7-12(23-2)13(8-11)24-3)16(9-19)14(21)22-18(25-4,26-5)17(15,16)10-20/h6-8H,1-5H3,(H2,21,22)/t15-,16-,17+/m0/s1. The van der Waals surface area contributed by atoms with Crippen molar-refractivity contribution in [1.82, 2.24) is 0 Å². The van der Waals surface area contributed by atoms with Crippen molar-refractivity contribution in [2.75, 3.05) is 28.4 Å². The first-order chi connectivity index (χ1) is 12.4. The minimum Gasteiger partial charge on any atom is -0.493 e. The summed E-state index contributed by atoms with van der Waals surface area (Å²) in [6.07, 6.45) is 0. The third-order valence-electron chi connectivity index (χ3n) is 5.98. The number of aliphatic imine (C=N–C) groups is 1. The number of hydrogen-bond acceptors (Lipinski definition) is 8. The van der Waals surface area contributed by atoms with Crippen LogP contribution in [0.2, 0.25) is 0 Å². The van der Waals surface area contributed by atoms with Gasteiger partial charge in [-0.3, -0.25) is 0 Å². The lowest BCUT2D eigenvalue weighted by Crippen LogP contribution is -2.44. The Kier molecular flexibility index (Phi) is 3.70. The molecule has 8 nitrogen and oxygen atoms in total. The van der Waals surface area contributed by atoms with Crippen molar-refractivity contribution in [3.05, 3.63) is 23.8 Å². The van der Waals surface area contributed by atoms with E-state index in [1.165, 1.54) is 28.4 Å². The highest BCUT2D eigenvalue weighted by Gasteiger charge is 2.99. The maximum Gasteiger partial charge on any atom is 0.293 e. The zero-order valence-electron chi connectivity index (χ0n) is 15.3. The van der Waals surface area contributed by atoms with Gasteiger partial charge in [0, 0.05) is 19.6 Å². The largest absolute Gasteiger partial charge is 0.493 e. The van der Waals surface area contributed by atoms with Crippen molar-refractivity contribution >= 4 is 5.84 Å². The van der Waals surface area contributed by atoms with Gasteiger partial charge >= 0.3 is 0 Å². The number of methoxy groups -OCH3 is 4. The highest BCUT2D eigenvalue weighted by molar-refractivity contribution is 6.02. The molecule has 8 heteroatoms. The number of nitrogens with zero attached hydrogens (tertiary/aromatic N) is 3. The first-order valence-corrected chi connectivity index (χ1v) is 7.87. The number of ether oxygens (including phenoxy) is 4. The van der Waals surface area contributed by atoms with Gasteiger partial charge in [-0.05, 0) is 17.7 Å². The Labute approximate surface area is 151 Å². The molecule has 136 valence electrons. The van der Waals surface area contributed by atoms with Crippen LogP contribution in [0.3, 0.4) is 0 Å². The Morgan fingerprint density at radius 2 is 1.62 bits per heavy atom. The number of nitrogens with two attached hydrogens (primary N) is 1. The normalized spacial score (nSPS) is 33.4. The van der Waals surface area contributed by atoms with Crippen LogP contribution < -0.4 is 15.2 Å². The van der Waals surface area contributed by atoms with Crippen LogP contribution in [0, 0.1) is 33.5 Å². The van der Waals surface area contributed by atoms with Gasteiger partial charge < -0.3 is 24.7 Å². The third-order valence-corrected chi connectivity index (χ3v) is 5.98. The van der Waals surface area contributed by atoms with Crippen molar-refractivity contribution in [3.8, 4) is 23.6 Å². The Balaban J connectivity index is 2.31. The fourth-order valence-electron chi connectivity index (χ4n) is 4.63. The summed E-state index contributed by atoms with van der Waals surface area (Å²) in [5.74, 6) is -0.645.